The molecule has 1 fully saturated rings. The van der Waals surface area contributed by atoms with Crippen LogP contribution in [0, 0.1) is 18.2 Å². The van der Waals surface area contributed by atoms with Crippen LogP contribution in [0.4, 0.5) is 20.4 Å². The first-order valence-electron chi connectivity index (χ1n) is 10.9. The number of aromatic amines is 1. The molecule has 4 rings (SSSR count). The minimum Gasteiger partial charge on any atom is -0.481 e. The van der Waals surface area contributed by atoms with Gasteiger partial charge in [-0.3, -0.25) is 14.8 Å². The van der Waals surface area contributed by atoms with Crippen LogP contribution in [0.3, 0.4) is 0 Å². The molecule has 0 amide bonds. The van der Waals surface area contributed by atoms with Gasteiger partial charge in [-0.15, -0.1) is 0 Å². The highest BCUT2D eigenvalue weighted by atomic mass is 35.5. The number of piperidine rings is 1. The van der Waals surface area contributed by atoms with E-state index in [4.69, 9.17) is 11.6 Å². The van der Waals surface area contributed by atoms with Crippen LogP contribution in [0.5, 0.6) is 0 Å². The molecule has 1 aliphatic carbocycles. The van der Waals surface area contributed by atoms with Crippen molar-refractivity contribution in [3.63, 3.8) is 0 Å². The van der Waals surface area contributed by atoms with E-state index in [-0.39, 0.29) is 23.0 Å². The second kappa shape index (κ2) is 9.61. The van der Waals surface area contributed by atoms with E-state index in [1.165, 1.54) is 12.1 Å². The fourth-order valence-electron chi connectivity index (χ4n) is 4.34. The van der Waals surface area contributed by atoms with Gasteiger partial charge in [0.25, 0.3) is 0 Å². The Morgan fingerprint density at radius 1 is 1.30 bits per heavy atom. The van der Waals surface area contributed by atoms with Crippen molar-refractivity contribution in [2.75, 3.05) is 25.0 Å². The second-order valence-corrected chi connectivity index (χ2v) is 9.17. The molecule has 2 aliphatic rings. The van der Waals surface area contributed by atoms with Gasteiger partial charge < -0.3 is 10.4 Å². The minimum absolute atomic E-state index is 0.0279. The number of nitrogens with one attached hydrogen (secondary N) is 2. The van der Waals surface area contributed by atoms with E-state index in [0.717, 1.165) is 5.69 Å². The first-order chi connectivity index (χ1) is 15.8. The third-order valence-corrected chi connectivity index (χ3v) is 6.68. The third kappa shape index (κ3) is 5.25. The standard InChI is InChI=1S/C23H26ClF2N5O2/c1-14-11-20(30-29-14)28-19-6-5-17(25)18(27-19)12-23(22(32)33)7-9-31(10-8-23)13-15-3-2-4-16(24)21(15)26/h3,5-6,11H,2,4,7-10,12-13H2,1H3,(H,32,33)(H2,27,28,29,30). The highest BCUT2D eigenvalue weighted by Crippen LogP contribution is 2.37. The zero-order chi connectivity index (χ0) is 23.6. The van der Waals surface area contributed by atoms with Gasteiger partial charge in [-0.1, -0.05) is 17.7 Å². The summed E-state index contributed by atoms with van der Waals surface area (Å²) in [5.74, 6) is -0.969. The number of hydrogen-bond acceptors (Lipinski definition) is 5. The molecule has 0 radical (unpaired) electrons. The summed E-state index contributed by atoms with van der Waals surface area (Å²) >= 11 is 5.95. The number of halogens is 3. The molecular weight excluding hydrogens is 452 g/mol. The van der Waals surface area contributed by atoms with Crippen molar-refractivity contribution in [1.29, 1.82) is 0 Å². The molecule has 0 aromatic carbocycles. The number of allylic oxidation sites excluding steroid dienone is 2. The first kappa shape index (κ1) is 23.4. The normalized spacial score (nSPS) is 18.8. The van der Waals surface area contributed by atoms with E-state index >= 15 is 0 Å². The molecule has 2 aromatic rings. The Kier molecular flexibility index (Phi) is 6.81. The molecule has 1 aliphatic heterocycles. The maximum atomic E-state index is 14.6. The van der Waals surface area contributed by atoms with Gasteiger partial charge in [0.2, 0.25) is 0 Å². The SMILES string of the molecule is Cc1cc(Nc2ccc(F)c(CC3(C(=O)O)CCN(CC4=CCCC(Cl)=C4F)CC3)n2)n[nH]1. The lowest BCUT2D eigenvalue weighted by molar-refractivity contribution is -0.152. The molecule has 0 atom stereocenters. The molecule has 0 spiro atoms. The van der Waals surface area contributed by atoms with E-state index in [0.29, 0.717) is 62.5 Å². The van der Waals surface area contributed by atoms with Gasteiger partial charge in [-0.25, -0.2) is 13.8 Å². The summed E-state index contributed by atoms with van der Waals surface area (Å²) in [6.07, 6.45) is 3.64. The number of pyridine rings is 1. The molecule has 33 heavy (non-hydrogen) atoms. The van der Waals surface area contributed by atoms with E-state index < -0.39 is 17.2 Å². The van der Waals surface area contributed by atoms with E-state index in [2.05, 4.69) is 20.5 Å². The number of aromatic nitrogens is 3. The van der Waals surface area contributed by atoms with Crippen LogP contribution in [-0.4, -0.2) is 50.8 Å². The fraction of sp³-hybridized carbons (Fsp3) is 0.435. The molecule has 3 N–H and O–H groups in total. The summed E-state index contributed by atoms with van der Waals surface area (Å²) in [4.78, 5) is 18.6. The lowest BCUT2D eigenvalue weighted by Gasteiger charge is -2.39. The Balaban J connectivity index is 1.45. The largest absolute Gasteiger partial charge is 0.481 e. The molecule has 0 saturated carbocycles. The number of likely N-dealkylation sites (tertiary alicyclic amines) is 1. The average molecular weight is 478 g/mol. The monoisotopic (exact) mass is 477 g/mol. The molecular formula is C23H26ClF2N5O2. The third-order valence-electron chi connectivity index (χ3n) is 6.32. The van der Waals surface area contributed by atoms with Gasteiger partial charge in [0, 0.05) is 24.7 Å². The maximum Gasteiger partial charge on any atom is 0.310 e. The smallest absolute Gasteiger partial charge is 0.310 e. The summed E-state index contributed by atoms with van der Waals surface area (Å²) in [5.41, 5.74) is 0.366. The van der Waals surface area contributed by atoms with Gasteiger partial charge in [-0.05, 0) is 63.4 Å². The molecule has 0 bridgehead atoms. The molecule has 3 heterocycles. The van der Waals surface area contributed by atoms with Crippen LogP contribution in [0.2, 0.25) is 0 Å². The van der Waals surface area contributed by atoms with E-state index in [9.17, 15) is 18.7 Å². The predicted molar refractivity (Wildman–Crippen MR) is 122 cm³/mol. The van der Waals surface area contributed by atoms with Crippen molar-refractivity contribution in [3.8, 4) is 0 Å². The lowest BCUT2D eigenvalue weighted by Crippen LogP contribution is -2.46. The van der Waals surface area contributed by atoms with E-state index in [1.807, 2.05) is 17.9 Å². The van der Waals surface area contributed by atoms with Crippen LogP contribution in [0.1, 0.15) is 37.1 Å². The van der Waals surface area contributed by atoms with Crippen LogP contribution < -0.4 is 5.32 Å². The van der Waals surface area contributed by atoms with E-state index in [1.54, 1.807) is 6.07 Å². The fourth-order valence-corrected chi connectivity index (χ4v) is 4.57. The van der Waals surface area contributed by atoms with Gasteiger partial charge in [-0.2, -0.15) is 5.10 Å². The number of nitrogens with zero attached hydrogens (tertiary/aromatic N) is 3. The number of anilines is 2. The van der Waals surface area contributed by atoms with Crippen molar-refractivity contribution in [1.82, 2.24) is 20.1 Å². The van der Waals surface area contributed by atoms with Crippen LogP contribution in [-0.2, 0) is 11.2 Å². The van der Waals surface area contributed by atoms with Gasteiger partial charge >= 0.3 is 5.97 Å². The number of carbonyl (C=O) groups is 1. The van der Waals surface area contributed by atoms with Crippen molar-refractivity contribution < 1.29 is 18.7 Å². The summed E-state index contributed by atoms with van der Waals surface area (Å²) in [6, 6.07) is 4.55. The lowest BCUT2D eigenvalue weighted by atomic mass is 9.74. The van der Waals surface area contributed by atoms with Crippen molar-refractivity contribution in [2.24, 2.45) is 5.41 Å². The quantitative estimate of drug-likeness (QED) is 0.528. The number of carboxylic acid groups (broad SMARTS) is 1. The number of hydrogen-bond donors (Lipinski definition) is 3. The Hall–Kier alpha value is -2.78. The summed E-state index contributed by atoms with van der Waals surface area (Å²) < 4.78 is 28.9. The Morgan fingerprint density at radius 3 is 2.73 bits per heavy atom. The van der Waals surface area contributed by atoms with Crippen LogP contribution >= 0.6 is 11.6 Å². The highest BCUT2D eigenvalue weighted by molar-refractivity contribution is 6.30. The second-order valence-electron chi connectivity index (χ2n) is 8.71. The Morgan fingerprint density at radius 2 is 2.06 bits per heavy atom. The zero-order valence-electron chi connectivity index (χ0n) is 18.3. The van der Waals surface area contributed by atoms with Gasteiger partial charge in [0.15, 0.2) is 5.82 Å². The number of rotatable bonds is 7. The number of aryl methyl sites for hydroxylation is 1. The summed E-state index contributed by atoms with van der Waals surface area (Å²) in [7, 11) is 0. The summed E-state index contributed by atoms with van der Waals surface area (Å²) in [6.45, 7) is 3.16. The molecule has 0 unspecified atom stereocenters. The van der Waals surface area contributed by atoms with Gasteiger partial charge in [0.1, 0.15) is 17.5 Å². The van der Waals surface area contributed by atoms with Gasteiger partial charge in [0.05, 0.1) is 16.1 Å². The van der Waals surface area contributed by atoms with Crippen molar-refractivity contribution in [3.05, 3.63) is 57.9 Å². The highest BCUT2D eigenvalue weighted by Gasteiger charge is 2.42. The Labute approximate surface area is 195 Å². The van der Waals surface area contributed by atoms with Crippen LogP contribution in [0.25, 0.3) is 0 Å². The number of H-pyrrole nitrogens is 1. The molecule has 176 valence electrons. The number of aliphatic carboxylic acids is 1. The van der Waals surface area contributed by atoms with Crippen molar-refractivity contribution >= 4 is 29.2 Å². The Bertz CT molecular complexity index is 1110. The number of carboxylic acids is 1. The molecule has 7 nitrogen and oxygen atoms in total. The first-order valence-corrected chi connectivity index (χ1v) is 11.3. The van der Waals surface area contributed by atoms with Crippen molar-refractivity contribution in [2.45, 2.75) is 39.0 Å². The average Bonchev–Trinajstić information content (AvgIpc) is 3.19. The maximum absolute atomic E-state index is 14.6. The molecule has 2 aromatic heterocycles. The molecule has 10 heteroatoms. The summed E-state index contributed by atoms with van der Waals surface area (Å²) in [5, 5.41) is 20.2. The minimum atomic E-state index is -1.14. The topological polar surface area (TPSA) is 94.1 Å². The predicted octanol–water partition coefficient (Wildman–Crippen LogP) is 4.85. The van der Waals surface area contributed by atoms with Crippen LogP contribution in [0.15, 0.2) is 40.7 Å². The zero-order valence-corrected chi connectivity index (χ0v) is 19.1. The molecule has 1 saturated heterocycles.